The molecule has 0 spiro atoms. The molecule has 1 saturated heterocycles. The van der Waals surface area contributed by atoms with Crippen LogP contribution in [0.15, 0.2) is 42.5 Å². The Morgan fingerprint density at radius 1 is 1.04 bits per heavy atom. The van der Waals surface area contributed by atoms with Crippen molar-refractivity contribution in [1.82, 2.24) is 10.2 Å². The van der Waals surface area contributed by atoms with E-state index in [0.29, 0.717) is 24.2 Å². The average molecular weight is 423 g/mol. The molecule has 0 radical (unpaired) electrons. The first-order valence-electron chi connectivity index (χ1n) is 9.68. The first-order chi connectivity index (χ1) is 13.1. The molecule has 1 saturated carbocycles. The van der Waals surface area contributed by atoms with Crippen molar-refractivity contribution in [1.29, 1.82) is 0 Å². The predicted octanol–water partition coefficient (Wildman–Crippen LogP) is 5.17. The van der Waals surface area contributed by atoms with Crippen LogP contribution in [-0.2, 0) is 0 Å². The van der Waals surface area contributed by atoms with Gasteiger partial charge in [0.25, 0.3) is 5.91 Å². The summed E-state index contributed by atoms with van der Waals surface area (Å²) in [5.41, 5.74) is 1.76. The van der Waals surface area contributed by atoms with Gasteiger partial charge in [0.05, 0.1) is 5.56 Å². The van der Waals surface area contributed by atoms with Gasteiger partial charge in [-0.2, -0.15) is 0 Å². The highest BCUT2D eigenvalue weighted by molar-refractivity contribution is 6.30. The molecule has 150 valence electrons. The predicted molar refractivity (Wildman–Crippen MR) is 114 cm³/mol. The Morgan fingerprint density at radius 3 is 2.29 bits per heavy atom. The number of halogens is 3. The largest absolute Gasteiger partial charge is 0.338 e. The number of nitrogens with zero attached hydrogens (tertiary/aromatic N) is 1. The zero-order valence-electron chi connectivity index (χ0n) is 15.7. The van der Waals surface area contributed by atoms with Gasteiger partial charge in [-0.15, -0.1) is 12.4 Å². The van der Waals surface area contributed by atoms with Crippen molar-refractivity contribution in [3.63, 3.8) is 0 Å². The molecule has 2 aromatic carbocycles. The lowest BCUT2D eigenvalue weighted by atomic mass is 10.0. The number of carbonyl (C=O) groups is 1. The third-order valence-electron chi connectivity index (χ3n) is 5.55. The summed E-state index contributed by atoms with van der Waals surface area (Å²) >= 11 is 5.90. The summed E-state index contributed by atoms with van der Waals surface area (Å²) in [6.07, 6.45) is 4.55. The normalized spacial score (nSPS) is 17.3. The Bertz CT molecular complexity index is 816. The molecule has 2 aromatic rings. The van der Waals surface area contributed by atoms with E-state index in [-0.39, 0.29) is 23.9 Å². The fraction of sp³-hybridized carbons (Fsp3) is 0.409. The summed E-state index contributed by atoms with van der Waals surface area (Å²) < 4.78 is 14.6. The summed E-state index contributed by atoms with van der Waals surface area (Å²) in [5.74, 6) is 0.176. The van der Waals surface area contributed by atoms with Gasteiger partial charge < -0.3 is 10.2 Å². The Hall–Kier alpha value is -1.62. The second kappa shape index (κ2) is 9.25. The van der Waals surface area contributed by atoms with Gasteiger partial charge >= 0.3 is 0 Å². The first kappa shape index (κ1) is 21.1. The topological polar surface area (TPSA) is 32.3 Å². The van der Waals surface area contributed by atoms with Gasteiger partial charge in [0.15, 0.2) is 0 Å². The molecule has 0 atom stereocenters. The molecular formula is C22H25Cl2FN2O. The summed E-state index contributed by atoms with van der Waals surface area (Å²) in [4.78, 5) is 14.5. The van der Waals surface area contributed by atoms with Crippen LogP contribution in [0.5, 0.6) is 0 Å². The van der Waals surface area contributed by atoms with Crippen LogP contribution < -0.4 is 5.32 Å². The number of hydrogen-bond acceptors (Lipinski definition) is 2. The Kier molecular flexibility index (Phi) is 6.97. The van der Waals surface area contributed by atoms with Gasteiger partial charge in [0.1, 0.15) is 5.82 Å². The Morgan fingerprint density at radius 2 is 1.68 bits per heavy atom. The van der Waals surface area contributed by atoms with Crippen molar-refractivity contribution in [2.45, 2.75) is 31.7 Å². The lowest BCUT2D eigenvalue weighted by molar-refractivity contribution is 0.0700. The monoisotopic (exact) mass is 422 g/mol. The molecule has 0 bridgehead atoms. The van der Waals surface area contributed by atoms with Gasteiger partial charge in [-0.05, 0) is 73.5 Å². The second-order valence-corrected chi connectivity index (χ2v) is 8.06. The van der Waals surface area contributed by atoms with E-state index in [2.05, 4.69) is 5.32 Å². The number of nitrogens with one attached hydrogen (secondary N) is 1. The van der Waals surface area contributed by atoms with Crippen molar-refractivity contribution in [3.05, 3.63) is 58.9 Å². The van der Waals surface area contributed by atoms with Crippen LogP contribution in [0.3, 0.4) is 0 Å². The van der Waals surface area contributed by atoms with Crippen LogP contribution in [0.1, 0.15) is 36.0 Å². The SMILES string of the molecule is Cl.O=C(c1ccc(-c2ccc(Cl)cc2)cc1F)N1CCC(NCC2CC2)CC1. The molecule has 3 nitrogen and oxygen atoms in total. The van der Waals surface area contributed by atoms with E-state index in [0.717, 1.165) is 36.4 Å². The highest BCUT2D eigenvalue weighted by Gasteiger charge is 2.27. The standard InChI is InChI=1S/C22H24ClFN2O.ClH/c23-18-6-3-16(4-7-18)17-5-8-20(21(24)13-17)22(27)26-11-9-19(10-12-26)25-14-15-1-2-15;/h3-8,13,15,19,25H,1-2,9-12,14H2;1H. The van der Waals surface area contributed by atoms with E-state index in [1.165, 1.54) is 18.9 Å². The van der Waals surface area contributed by atoms with Gasteiger partial charge in [-0.3, -0.25) is 4.79 Å². The molecule has 1 aliphatic heterocycles. The quantitative estimate of drug-likeness (QED) is 0.720. The molecule has 1 amide bonds. The van der Waals surface area contributed by atoms with Crippen LogP contribution >= 0.6 is 24.0 Å². The maximum atomic E-state index is 14.6. The van der Waals surface area contributed by atoms with E-state index in [1.54, 1.807) is 29.2 Å². The minimum absolute atomic E-state index is 0. The molecule has 2 fully saturated rings. The van der Waals surface area contributed by atoms with Gasteiger partial charge in [0.2, 0.25) is 0 Å². The van der Waals surface area contributed by atoms with Gasteiger partial charge in [0, 0.05) is 24.2 Å². The zero-order chi connectivity index (χ0) is 18.8. The highest BCUT2D eigenvalue weighted by Crippen LogP contribution is 2.28. The number of benzene rings is 2. The molecule has 1 aliphatic carbocycles. The van der Waals surface area contributed by atoms with Gasteiger partial charge in [-0.1, -0.05) is 29.8 Å². The molecule has 0 unspecified atom stereocenters. The number of piperidine rings is 1. The van der Waals surface area contributed by atoms with Crippen molar-refractivity contribution in [2.24, 2.45) is 5.92 Å². The van der Waals surface area contributed by atoms with Gasteiger partial charge in [-0.25, -0.2) is 4.39 Å². The Balaban J connectivity index is 0.00000225. The molecule has 2 aliphatic rings. The summed E-state index contributed by atoms with van der Waals surface area (Å²) in [7, 11) is 0. The van der Waals surface area contributed by atoms with E-state index < -0.39 is 5.82 Å². The molecular weight excluding hydrogens is 398 g/mol. The number of carbonyl (C=O) groups excluding carboxylic acids is 1. The fourth-order valence-corrected chi connectivity index (χ4v) is 3.75. The number of amides is 1. The first-order valence-corrected chi connectivity index (χ1v) is 10.1. The van der Waals surface area contributed by atoms with Crippen LogP contribution in [0, 0.1) is 11.7 Å². The molecule has 28 heavy (non-hydrogen) atoms. The minimum atomic E-state index is -0.471. The van der Waals surface area contributed by atoms with E-state index in [9.17, 15) is 9.18 Å². The molecule has 6 heteroatoms. The maximum absolute atomic E-state index is 14.6. The number of hydrogen-bond donors (Lipinski definition) is 1. The summed E-state index contributed by atoms with van der Waals surface area (Å²) in [5, 5.41) is 4.24. The zero-order valence-corrected chi connectivity index (χ0v) is 17.2. The lowest BCUT2D eigenvalue weighted by Crippen LogP contribution is -2.45. The maximum Gasteiger partial charge on any atom is 0.256 e. The summed E-state index contributed by atoms with van der Waals surface area (Å²) in [6, 6.07) is 12.5. The smallest absolute Gasteiger partial charge is 0.256 e. The van der Waals surface area contributed by atoms with Crippen molar-refractivity contribution in [3.8, 4) is 11.1 Å². The highest BCUT2D eigenvalue weighted by atomic mass is 35.5. The van der Waals surface area contributed by atoms with Crippen LogP contribution in [0.4, 0.5) is 4.39 Å². The molecule has 0 aromatic heterocycles. The Labute approximate surface area is 176 Å². The third-order valence-corrected chi connectivity index (χ3v) is 5.80. The van der Waals surface area contributed by atoms with E-state index in [1.807, 2.05) is 12.1 Å². The molecule has 4 rings (SSSR count). The number of rotatable bonds is 5. The second-order valence-electron chi connectivity index (χ2n) is 7.62. The molecule has 1 heterocycles. The lowest BCUT2D eigenvalue weighted by Gasteiger charge is -2.32. The van der Waals surface area contributed by atoms with Crippen molar-refractivity contribution >= 4 is 29.9 Å². The third kappa shape index (κ3) is 5.05. The van der Waals surface area contributed by atoms with Crippen LogP contribution in [0.25, 0.3) is 11.1 Å². The number of likely N-dealkylation sites (tertiary alicyclic amines) is 1. The summed E-state index contributed by atoms with van der Waals surface area (Å²) in [6.45, 7) is 2.46. The van der Waals surface area contributed by atoms with Crippen LogP contribution in [0.2, 0.25) is 5.02 Å². The van der Waals surface area contributed by atoms with Crippen LogP contribution in [-0.4, -0.2) is 36.5 Å². The van der Waals surface area contributed by atoms with Crippen molar-refractivity contribution in [2.75, 3.05) is 19.6 Å². The van der Waals surface area contributed by atoms with E-state index in [4.69, 9.17) is 11.6 Å². The minimum Gasteiger partial charge on any atom is -0.338 e. The average Bonchev–Trinajstić information content (AvgIpc) is 3.51. The fourth-order valence-electron chi connectivity index (χ4n) is 3.62. The molecule has 1 N–H and O–H groups in total. The van der Waals surface area contributed by atoms with E-state index >= 15 is 0 Å². The van der Waals surface area contributed by atoms with Crippen molar-refractivity contribution < 1.29 is 9.18 Å².